The number of benzene rings is 1. The molecule has 1 atom stereocenters. The van der Waals surface area contributed by atoms with Crippen LogP contribution in [0, 0.1) is 13.8 Å². The Labute approximate surface area is 128 Å². The summed E-state index contributed by atoms with van der Waals surface area (Å²) in [5, 5.41) is 15.8. The average molecular weight is 301 g/mol. The fourth-order valence-electron chi connectivity index (χ4n) is 2.52. The summed E-state index contributed by atoms with van der Waals surface area (Å²) in [4.78, 5) is 23.5. The highest BCUT2D eigenvalue weighted by atomic mass is 16.4. The van der Waals surface area contributed by atoms with Gasteiger partial charge in [-0.3, -0.25) is 9.48 Å². The molecule has 0 fully saturated rings. The van der Waals surface area contributed by atoms with E-state index in [0.717, 1.165) is 16.7 Å². The minimum atomic E-state index is -1.17. The molecule has 0 saturated carbocycles. The van der Waals surface area contributed by atoms with Crippen LogP contribution in [0.25, 0.3) is 0 Å². The Morgan fingerprint density at radius 2 is 2.00 bits per heavy atom. The van der Waals surface area contributed by atoms with E-state index in [1.54, 1.807) is 7.05 Å². The number of nitrogens with one attached hydrogen (secondary N) is 1. The first kappa shape index (κ1) is 15.8. The van der Waals surface area contributed by atoms with Gasteiger partial charge in [0, 0.05) is 7.05 Å². The zero-order valence-corrected chi connectivity index (χ0v) is 13.0. The molecule has 0 saturated heterocycles. The monoisotopic (exact) mass is 301 g/mol. The lowest BCUT2D eigenvalue weighted by Gasteiger charge is -2.17. The Bertz CT molecular complexity index is 734. The molecule has 0 spiro atoms. The van der Waals surface area contributed by atoms with Gasteiger partial charge in [0.05, 0.1) is 12.2 Å². The Morgan fingerprint density at radius 3 is 2.59 bits per heavy atom. The summed E-state index contributed by atoms with van der Waals surface area (Å²) in [6, 6.07) is 5.77. The maximum Gasteiger partial charge on any atom is 0.339 e. The molecular formula is C16H19N3O3. The number of hydrogen-bond donors (Lipinski definition) is 2. The van der Waals surface area contributed by atoms with Crippen LogP contribution in [0.3, 0.4) is 0 Å². The molecule has 0 bridgehead atoms. The summed E-state index contributed by atoms with van der Waals surface area (Å²) in [5.41, 5.74) is 3.17. The van der Waals surface area contributed by atoms with Crippen LogP contribution in [0.5, 0.6) is 0 Å². The molecule has 2 rings (SSSR count). The third-order valence-electron chi connectivity index (χ3n) is 3.62. The van der Waals surface area contributed by atoms with Gasteiger partial charge < -0.3 is 10.4 Å². The highest BCUT2D eigenvalue weighted by Crippen LogP contribution is 2.19. The van der Waals surface area contributed by atoms with Crippen molar-refractivity contribution in [3.63, 3.8) is 0 Å². The van der Waals surface area contributed by atoms with Gasteiger partial charge in [-0.1, -0.05) is 23.8 Å². The topological polar surface area (TPSA) is 84.2 Å². The van der Waals surface area contributed by atoms with Gasteiger partial charge in [-0.05, 0) is 31.9 Å². The summed E-state index contributed by atoms with van der Waals surface area (Å²) in [7, 11) is 1.54. The third-order valence-corrected chi connectivity index (χ3v) is 3.62. The molecule has 6 nitrogen and oxygen atoms in total. The predicted octanol–water partition coefficient (Wildman–Crippen LogP) is 2.23. The molecule has 1 heterocycles. The summed E-state index contributed by atoms with van der Waals surface area (Å²) >= 11 is 0. The number of carboxylic acid groups (broad SMARTS) is 1. The van der Waals surface area contributed by atoms with E-state index in [0.29, 0.717) is 0 Å². The number of carbonyl (C=O) groups is 2. The molecule has 1 aromatic heterocycles. The molecule has 2 aromatic rings. The van der Waals surface area contributed by atoms with Crippen LogP contribution in [0.4, 0.5) is 0 Å². The Morgan fingerprint density at radius 1 is 1.32 bits per heavy atom. The van der Waals surface area contributed by atoms with E-state index in [1.165, 1.54) is 10.9 Å². The molecule has 1 aromatic carbocycles. The number of carboxylic acids is 1. The third kappa shape index (κ3) is 3.00. The Kier molecular flexibility index (Phi) is 4.30. The molecule has 0 aliphatic rings. The Hall–Kier alpha value is -2.63. The van der Waals surface area contributed by atoms with Crippen LogP contribution < -0.4 is 5.32 Å². The SMILES string of the molecule is Cc1ccc([C@@H](C)NC(=O)c2c(C(=O)O)cnn2C)c(C)c1. The van der Waals surface area contributed by atoms with Crippen LogP contribution in [-0.4, -0.2) is 26.8 Å². The van der Waals surface area contributed by atoms with Gasteiger partial charge in [0.15, 0.2) is 0 Å². The zero-order valence-electron chi connectivity index (χ0n) is 13.0. The molecule has 2 N–H and O–H groups in total. The number of nitrogens with zero attached hydrogens (tertiary/aromatic N) is 2. The minimum Gasteiger partial charge on any atom is -0.478 e. The zero-order chi connectivity index (χ0) is 16.4. The van der Waals surface area contributed by atoms with Crippen LogP contribution in [0.1, 0.15) is 50.5 Å². The molecule has 0 unspecified atom stereocenters. The number of aromatic nitrogens is 2. The van der Waals surface area contributed by atoms with E-state index < -0.39 is 11.9 Å². The van der Waals surface area contributed by atoms with Crippen molar-refractivity contribution in [2.24, 2.45) is 7.05 Å². The molecule has 0 aliphatic carbocycles. The second-order valence-electron chi connectivity index (χ2n) is 5.39. The maximum absolute atomic E-state index is 12.4. The van der Waals surface area contributed by atoms with E-state index in [2.05, 4.69) is 10.4 Å². The van der Waals surface area contributed by atoms with Crippen molar-refractivity contribution in [2.75, 3.05) is 0 Å². The van der Waals surface area contributed by atoms with Gasteiger partial charge >= 0.3 is 5.97 Å². The summed E-state index contributed by atoms with van der Waals surface area (Å²) in [6.07, 6.45) is 1.18. The predicted molar refractivity (Wildman–Crippen MR) is 82.0 cm³/mol. The number of carbonyl (C=O) groups excluding carboxylic acids is 1. The van der Waals surface area contributed by atoms with Gasteiger partial charge in [0.25, 0.3) is 5.91 Å². The van der Waals surface area contributed by atoms with E-state index >= 15 is 0 Å². The van der Waals surface area contributed by atoms with E-state index in [9.17, 15) is 9.59 Å². The molecule has 0 radical (unpaired) electrons. The van der Waals surface area contributed by atoms with Crippen LogP contribution in [0.15, 0.2) is 24.4 Å². The lowest BCUT2D eigenvalue weighted by Crippen LogP contribution is -2.30. The van der Waals surface area contributed by atoms with Crippen molar-refractivity contribution >= 4 is 11.9 Å². The normalized spacial score (nSPS) is 12.0. The van der Waals surface area contributed by atoms with Crippen molar-refractivity contribution in [1.82, 2.24) is 15.1 Å². The number of amides is 1. The number of aryl methyl sites for hydroxylation is 3. The smallest absolute Gasteiger partial charge is 0.339 e. The molecule has 6 heteroatoms. The fourth-order valence-corrected chi connectivity index (χ4v) is 2.52. The van der Waals surface area contributed by atoms with Crippen molar-refractivity contribution in [1.29, 1.82) is 0 Å². The van der Waals surface area contributed by atoms with E-state index in [-0.39, 0.29) is 17.3 Å². The highest BCUT2D eigenvalue weighted by Gasteiger charge is 2.23. The fraction of sp³-hybridized carbons (Fsp3) is 0.312. The van der Waals surface area contributed by atoms with Crippen molar-refractivity contribution in [3.05, 3.63) is 52.3 Å². The summed E-state index contributed by atoms with van der Waals surface area (Å²) < 4.78 is 1.27. The number of aromatic carboxylic acids is 1. The largest absolute Gasteiger partial charge is 0.478 e. The quantitative estimate of drug-likeness (QED) is 0.907. The van der Waals surface area contributed by atoms with Crippen LogP contribution >= 0.6 is 0 Å². The number of hydrogen-bond acceptors (Lipinski definition) is 3. The van der Waals surface area contributed by atoms with Gasteiger partial charge in [0.2, 0.25) is 0 Å². The van der Waals surface area contributed by atoms with Crippen LogP contribution in [-0.2, 0) is 7.05 Å². The van der Waals surface area contributed by atoms with E-state index in [1.807, 2.05) is 39.0 Å². The standard InChI is InChI=1S/C16H19N3O3/c1-9-5-6-12(10(2)7-9)11(3)18-15(20)14-13(16(21)22)8-17-19(14)4/h5-8,11H,1-4H3,(H,18,20)(H,21,22)/t11-/m1/s1. The average Bonchev–Trinajstić information content (AvgIpc) is 2.80. The lowest BCUT2D eigenvalue weighted by atomic mass is 10.00. The summed E-state index contributed by atoms with van der Waals surface area (Å²) in [5.74, 6) is -1.62. The maximum atomic E-state index is 12.4. The molecule has 22 heavy (non-hydrogen) atoms. The van der Waals surface area contributed by atoms with E-state index in [4.69, 9.17) is 5.11 Å². The number of rotatable bonds is 4. The van der Waals surface area contributed by atoms with Crippen molar-refractivity contribution in [2.45, 2.75) is 26.8 Å². The van der Waals surface area contributed by atoms with Gasteiger partial charge in [-0.15, -0.1) is 0 Å². The molecule has 1 amide bonds. The second-order valence-corrected chi connectivity index (χ2v) is 5.39. The van der Waals surface area contributed by atoms with Gasteiger partial charge in [-0.2, -0.15) is 5.10 Å². The molecule has 0 aliphatic heterocycles. The highest BCUT2D eigenvalue weighted by molar-refractivity contribution is 6.03. The minimum absolute atomic E-state index is 0.0455. The lowest BCUT2D eigenvalue weighted by molar-refractivity contribution is 0.0690. The van der Waals surface area contributed by atoms with Crippen molar-refractivity contribution in [3.8, 4) is 0 Å². The Balaban J connectivity index is 2.25. The first-order valence-electron chi connectivity index (χ1n) is 6.94. The van der Waals surface area contributed by atoms with Gasteiger partial charge in [0.1, 0.15) is 11.3 Å². The molecular weight excluding hydrogens is 282 g/mol. The molecule has 116 valence electrons. The summed E-state index contributed by atoms with van der Waals surface area (Å²) in [6.45, 7) is 5.86. The first-order chi connectivity index (χ1) is 10.3. The van der Waals surface area contributed by atoms with Crippen LogP contribution in [0.2, 0.25) is 0 Å². The first-order valence-corrected chi connectivity index (χ1v) is 6.94. The second kappa shape index (κ2) is 6.01. The van der Waals surface area contributed by atoms with Gasteiger partial charge in [-0.25, -0.2) is 4.79 Å². The van der Waals surface area contributed by atoms with Crippen molar-refractivity contribution < 1.29 is 14.7 Å².